The van der Waals surface area contributed by atoms with E-state index in [1.807, 2.05) is 53.7 Å². The van der Waals surface area contributed by atoms with Crippen molar-refractivity contribution < 1.29 is 29.3 Å². The van der Waals surface area contributed by atoms with Crippen LogP contribution in [0.5, 0.6) is 17.2 Å². The van der Waals surface area contributed by atoms with Crippen LogP contribution in [0.4, 0.5) is 0 Å². The molecule has 6 rings (SSSR count). The van der Waals surface area contributed by atoms with Gasteiger partial charge in [-0.3, -0.25) is 9.59 Å². The number of allylic oxidation sites excluding steroid dienone is 4. The molecule has 1 aromatic rings. The highest BCUT2D eigenvalue weighted by Gasteiger charge is 2.81. The topological polar surface area (TPSA) is 93.1 Å². The van der Waals surface area contributed by atoms with E-state index in [1.165, 1.54) is 6.07 Å². The van der Waals surface area contributed by atoms with Gasteiger partial charge in [0.1, 0.15) is 22.8 Å². The lowest BCUT2D eigenvalue weighted by Crippen LogP contribution is -2.72. The fourth-order valence-electron chi connectivity index (χ4n) is 6.48. The first-order chi connectivity index (χ1) is 15.9. The lowest BCUT2D eigenvalue weighted by Gasteiger charge is -2.56. The summed E-state index contributed by atoms with van der Waals surface area (Å²) in [6, 6.07) is 1.20. The Kier molecular flexibility index (Phi) is 4.77. The standard InChI is InChI=1S/C28H32O6/c1-14(2)7-8-17-19(29)13-20(30)22-23(31)18-11-16-12-21-26(5,6)34-27(25(16)32,10-9-15(3)4)28(18,21)33-24(17)22/h7,9,11,13,16,21,29-30H,8,10,12H2,1-6H3/t16-,21+,27+,28+/m1/s1. The average molecular weight is 465 g/mol. The zero-order valence-corrected chi connectivity index (χ0v) is 20.6. The fourth-order valence-corrected chi connectivity index (χ4v) is 6.48. The van der Waals surface area contributed by atoms with E-state index in [0.29, 0.717) is 30.4 Å². The summed E-state index contributed by atoms with van der Waals surface area (Å²) in [6.07, 6.45) is 6.78. The molecule has 5 aliphatic rings. The van der Waals surface area contributed by atoms with Crippen molar-refractivity contribution in [2.24, 2.45) is 11.8 Å². The Morgan fingerprint density at radius 3 is 2.41 bits per heavy atom. The molecule has 6 nitrogen and oxygen atoms in total. The summed E-state index contributed by atoms with van der Waals surface area (Å²) < 4.78 is 13.5. The highest BCUT2D eigenvalue weighted by atomic mass is 16.6. The predicted octanol–water partition coefficient (Wildman–Crippen LogP) is 4.97. The van der Waals surface area contributed by atoms with Crippen molar-refractivity contribution in [1.82, 2.24) is 0 Å². The molecule has 3 aliphatic carbocycles. The zero-order chi connectivity index (χ0) is 24.8. The number of Topliss-reactive ketones (excluding diaryl/α,β-unsaturated/α-hetero) is 2. The Morgan fingerprint density at radius 1 is 1.09 bits per heavy atom. The third-order valence-electron chi connectivity index (χ3n) is 7.95. The molecule has 1 spiro atoms. The van der Waals surface area contributed by atoms with Gasteiger partial charge < -0.3 is 19.7 Å². The van der Waals surface area contributed by atoms with Gasteiger partial charge in [-0.05, 0) is 54.4 Å². The van der Waals surface area contributed by atoms with Gasteiger partial charge in [-0.1, -0.05) is 29.4 Å². The molecule has 2 heterocycles. The maximum absolute atomic E-state index is 14.0. The van der Waals surface area contributed by atoms with Crippen molar-refractivity contribution >= 4 is 11.6 Å². The summed E-state index contributed by atoms with van der Waals surface area (Å²) in [5.41, 5.74) is -0.450. The molecule has 0 amide bonds. The van der Waals surface area contributed by atoms with Crippen LogP contribution in [-0.4, -0.2) is 38.6 Å². The summed E-state index contributed by atoms with van der Waals surface area (Å²) in [6.45, 7) is 11.7. The highest BCUT2D eigenvalue weighted by Crippen LogP contribution is 2.68. The van der Waals surface area contributed by atoms with Crippen LogP contribution in [0.1, 0.15) is 70.3 Å². The van der Waals surface area contributed by atoms with Gasteiger partial charge in [0.25, 0.3) is 0 Å². The van der Waals surface area contributed by atoms with E-state index in [4.69, 9.17) is 9.47 Å². The number of aromatic hydroxyl groups is 2. The maximum Gasteiger partial charge on any atom is 0.200 e. The Hall–Kier alpha value is -2.86. The van der Waals surface area contributed by atoms with Crippen molar-refractivity contribution in [3.05, 3.63) is 52.1 Å². The minimum atomic E-state index is -1.35. The number of fused-ring (bicyclic) bond motifs is 1. The number of carbonyl (C=O) groups excluding carboxylic acids is 2. The SMILES string of the molecule is CC(C)=CCc1c(O)cc(O)c2c1O[C@@]13C(=C[C@@H]4C[C@H]1C(C)(C)O[C@@]3(CC=C(C)C)C4=O)C2=O. The molecule has 34 heavy (non-hydrogen) atoms. The van der Waals surface area contributed by atoms with Gasteiger partial charge in [0, 0.05) is 35.5 Å². The first kappa shape index (κ1) is 22.9. The van der Waals surface area contributed by atoms with Crippen LogP contribution in [-0.2, 0) is 16.0 Å². The molecular formula is C28H32O6. The van der Waals surface area contributed by atoms with E-state index in [1.54, 1.807) is 6.08 Å². The third-order valence-corrected chi connectivity index (χ3v) is 7.95. The second-order valence-electron chi connectivity index (χ2n) is 11.1. The maximum atomic E-state index is 14.0. The lowest BCUT2D eigenvalue weighted by atomic mass is 9.51. The largest absolute Gasteiger partial charge is 0.507 e. The normalized spacial score (nSPS) is 31.9. The molecule has 1 saturated heterocycles. The summed E-state index contributed by atoms with van der Waals surface area (Å²) in [5.74, 6) is -1.43. The number of hydrogen-bond donors (Lipinski definition) is 2. The molecule has 4 atom stereocenters. The van der Waals surface area contributed by atoms with Crippen LogP contribution in [0.25, 0.3) is 0 Å². The molecular weight excluding hydrogens is 432 g/mol. The van der Waals surface area contributed by atoms with Crippen molar-refractivity contribution in [2.75, 3.05) is 0 Å². The van der Waals surface area contributed by atoms with Gasteiger partial charge in [0.15, 0.2) is 22.8 Å². The molecule has 2 N–H and O–H groups in total. The van der Waals surface area contributed by atoms with Gasteiger partial charge in [-0.25, -0.2) is 0 Å². The van der Waals surface area contributed by atoms with Crippen molar-refractivity contribution in [3.8, 4) is 17.2 Å². The van der Waals surface area contributed by atoms with Crippen LogP contribution in [0, 0.1) is 11.8 Å². The van der Waals surface area contributed by atoms with Gasteiger partial charge in [-0.2, -0.15) is 0 Å². The van der Waals surface area contributed by atoms with Gasteiger partial charge in [-0.15, -0.1) is 0 Å². The fraction of sp³-hybridized carbons (Fsp3) is 0.500. The second-order valence-corrected chi connectivity index (χ2v) is 11.1. The monoisotopic (exact) mass is 464 g/mol. The smallest absolute Gasteiger partial charge is 0.200 e. The quantitative estimate of drug-likeness (QED) is 0.611. The zero-order valence-electron chi connectivity index (χ0n) is 20.6. The van der Waals surface area contributed by atoms with Gasteiger partial charge in [0.2, 0.25) is 0 Å². The van der Waals surface area contributed by atoms with E-state index >= 15 is 0 Å². The minimum absolute atomic E-state index is 0.0430. The Morgan fingerprint density at radius 2 is 1.76 bits per heavy atom. The van der Waals surface area contributed by atoms with Gasteiger partial charge >= 0.3 is 0 Å². The van der Waals surface area contributed by atoms with Crippen molar-refractivity contribution in [1.29, 1.82) is 0 Å². The number of rotatable bonds is 4. The van der Waals surface area contributed by atoms with Crippen molar-refractivity contribution in [3.63, 3.8) is 0 Å². The molecule has 1 saturated carbocycles. The lowest BCUT2D eigenvalue weighted by molar-refractivity contribution is -0.171. The number of hydrogen-bond acceptors (Lipinski definition) is 6. The molecule has 2 fully saturated rings. The number of ketones is 2. The minimum Gasteiger partial charge on any atom is -0.507 e. The Balaban J connectivity index is 1.81. The van der Waals surface area contributed by atoms with Crippen LogP contribution in [0.15, 0.2) is 41.0 Å². The van der Waals surface area contributed by atoms with E-state index in [2.05, 4.69) is 0 Å². The molecule has 2 aliphatic heterocycles. The summed E-state index contributed by atoms with van der Waals surface area (Å²) in [4.78, 5) is 27.9. The van der Waals surface area contributed by atoms with Gasteiger partial charge in [0.05, 0.1) is 5.60 Å². The van der Waals surface area contributed by atoms with E-state index < -0.39 is 22.7 Å². The molecule has 4 bridgehead atoms. The first-order valence-electron chi connectivity index (χ1n) is 11.9. The summed E-state index contributed by atoms with van der Waals surface area (Å²) in [5, 5.41) is 21.4. The van der Waals surface area contributed by atoms with Crippen molar-refractivity contribution in [2.45, 2.75) is 77.6 Å². The predicted molar refractivity (Wildman–Crippen MR) is 127 cm³/mol. The second kappa shape index (κ2) is 7.08. The van der Waals surface area contributed by atoms with Crippen LogP contribution < -0.4 is 4.74 Å². The van der Waals surface area contributed by atoms with E-state index in [9.17, 15) is 19.8 Å². The first-order valence-corrected chi connectivity index (χ1v) is 11.9. The number of ether oxygens (including phenoxy) is 2. The molecule has 180 valence electrons. The highest BCUT2D eigenvalue weighted by molar-refractivity contribution is 6.18. The average Bonchev–Trinajstić information content (AvgIpc) is 2.89. The third kappa shape index (κ3) is 2.72. The van der Waals surface area contributed by atoms with Crippen LogP contribution in [0.3, 0.4) is 0 Å². The Labute approximate surface area is 200 Å². The molecule has 0 aromatic heterocycles. The number of carbonyl (C=O) groups is 2. The number of phenolic OH excluding ortho intramolecular Hbond substituents is 2. The van der Waals surface area contributed by atoms with Crippen LogP contribution >= 0.6 is 0 Å². The molecule has 6 heteroatoms. The van der Waals surface area contributed by atoms with Crippen LogP contribution in [0.2, 0.25) is 0 Å². The molecule has 1 aromatic carbocycles. The summed E-state index contributed by atoms with van der Waals surface area (Å²) >= 11 is 0. The molecule has 0 radical (unpaired) electrons. The molecule has 0 unspecified atom stereocenters. The Bertz CT molecular complexity index is 1220. The number of benzene rings is 1. The number of phenols is 2. The van der Waals surface area contributed by atoms with E-state index in [-0.39, 0.29) is 40.3 Å². The summed E-state index contributed by atoms with van der Waals surface area (Å²) in [7, 11) is 0. The van der Waals surface area contributed by atoms with E-state index in [0.717, 1.165) is 11.1 Å².